The topological polar surface area (TPSA) is 78.8 Å². The Morgan fingerprint density at radius 2 is 1.90 bits per heavy atom. The predicted molar refractivity (Wildman–Crippen MR) is 81.9 cm³/mol. The molecular formula is C15H16N2O3S. The van der Waals surface area contributed by atoms with Crippen molar-refractivity contribution in [2.45, 2.75) is 18.7 Å². The number of aryl methyl sites for hydroxylation is 2. The zero-order chi connectivity index (χ0) is 15.5. The van der Waals surface area contributed by atoms with Crippen LogP contribution in [0.4, 0.5) is 0 Å². The SMILES string of the molecule is Cc1ccc(S(=O)(=O)N/N=C/c2cccc(O)c2)c(C)c1. The van der Waals surface area contributed by atoms with Crippen LogP contribution in [0.5, 0.6) is 5.75 Å². The van der Waals surface area contributed by atoms with Gasteiger partial charge in [-0.3, -0.25) is 0 Å². The van der Waals surface area contributed by atoms with E-state index in [1.54, 1.807) is 37.3 Å². The summed E-state index contributed by atoms with van der Waals surface area (Å²) >= 11 is 0. The van der Waals surface area contributed by atoms with E-state index in [4.69, 9.17) is 0 Å². The fourth-order valence-electron chi connectivity index (χ4n) is 1.93. The molecule has 2 aromatic carbocycles. The Morgan fingerprint density at radius 1 is 1.14 bits per heavy atom. The van der Waals surface area contributed by atoms with Crippen LogP contribution in [0.3, 0.4) is 0 Å². The van der Waals surface area contributed by atoms with Gasteiger partial charge in [-0.1, -0.05) is 29.8 Å². The Hall–Kier alpha value is -2.34. The van der Waals surface area contributed by atoms with Crippen LogP contribution in [-0.4, -0.2) is 19.7 Å². The summed E-state index contributed by atoms with van der Waals surface area (Å²) in [5, 5.41) is 13.0. The van der Waals surface area contributed by atoms with Gasteiger partial charge in [0.1, 0.15) is 5.75 Å². The average Bonchev–Trinajstić information content (AvgIpc) is 2.38. The van der Waals surface area contributed by atoms with E-state index in [0.29, 0.717) is 11.1 Å². The van der Waals surface area contributed by atoms with Crippen molar-refractivity contribution in [2.75, 3.05) is 0 Å². The standard InChI is InChI=1S/C15H16N2O3S/c1-11-6-7-15(12(2)8-11)21(19,20)17-16-10-13-4-3-5-14(18)9-13/h3-10,17-18H,1-2H3/b16-10+. The number of benzene rings is 2. The molecule has 110 valence electrons. The van der Waals surface area contributed by atoms with E-state index in [-0.39, 0.29) is 10.6 Å². The first kappa shape index (κ1) is 15.1. The van der Waals surface area contributed by atoms with E-state index in [9.17, 15) is 13.5 Å². The molecule has 6 heteroatoms. The Labute approximate surface area is 124 Å². The molecule has 0 saturated carbocycles. The van der Waals surface area contributed by atoms with Gasteiger partial charge < -0.3 is 5.11 Å². The molecule has 0 aliphatic rings. The first-order valence-corrected chi connectivity index (χ1v) is 7.78. The number of hydrogen-bond donors (Lipinski definition) is 2. The number of phenolic OH excluding ortho intramolecular Hbond substituents is 1. The highest BCUT2D eigenvalue weighted by Gasteiger charge is 2.15. The third kappa shape index (κ3) is 3.82. The summed E-state index contributed by atoms with van der Waals surface area (Å²) in [6, 6.07) is 11.4. The molecule has 2 N–H and O–H groups in total. The Kier molecular flexibility index (Phi) is 4.28. The number of phenols is 1. The smallest absolute Gasteiger partial charge is 0.276 e. The quantitative estimate of drug-likeness (QED) is 0.672. The first-order chi connectivity index (χ1) is 9.88. The summed E-state index contributed by atoms with van der Waals surface area (Å²) in [5.74, 6) is 0.0937. The summed E-state index contributed by atoms with van der Waals surface area (Å²) in [6.45, 7) is 3.64. The maximum Gasteiger partial charge on any atom is 0.276 e. The van der Waals surface area contributed by atoms with Crippen molar-refractivity contribution in [3.8, 4) is 5.75 Å². The van der Waals surface area contributed by atoms with Crippen LogP contribution >= 0.6 is 0 Å². The van der Waals surface area contributed by atoms with E-state index in [0.717, 1.165) is 5.56 Å². The van der Waals surface area contributed by atoms with Gasteiger partial charge in [0.2, 0.25) is 0 Å². The van der Waals surface area contributed by atoms with Gasteiger partial charge in [-0.15, -0.1) is 0 Å². The molecule has 0 atom stereocenters. The molecule has 0 fully saturated rings. The van der Waals surface area contributed by atoms with Gasteiger partial charge in [-0.05, 0) is 43.2 Å². The van der Waals surface area contributed by atoms with Crippen LogP contribution in [0.25, 0.3) is 0 Å². The van der Waals surface area contributed by atoms with E-state index < -0.39 is 10.0 Å². The van der Waals surface area contributed by atoms with Gasteiger partial charge in [-0.25, -0.2) is 4.83 Å². The molecule has 0 unspecified atom stereocenters. The molecule has 0 heterocycles. The first-order valence-electron chi connectivity index (χ1n) is 6.30. The number of nitrogens with zero attached hydrogens (tertiary/aromatic N) is 1. The molecule has 0 aromatic heterocycles. The maximum atomic E-state index is 12.1. The number of hydrogen-bond acceptors (Lipinski definition) is 4. The van der Waals surface area contributed by atoms with Crippen molar-refractivity contribution in [1.82, 2.24) is 4.83 Å². The number of aromatic hydroxyl groups is 1. The highest BCUT2D eigenvalue weighted by molar-refractivity contribution is 7.89. The minimum Gasteiger partial charge on any atom is -0.508 e. The molecular weight excluding hydrogens is 288 g/mol. The van der Waals surface area contributed by atoms with E-state index >= 15 is 0 Å². The second-order valence-electron chi connectivity index (χ2n) is 4.72. The minimum atomic E-state index is -3.70. The van der Waals surface area contributed by atoms with Crippen LogP contribution < -0.4 is 4.83 Å². The molecule has 21 heavy (non-hydrogen) atoms. The molecule has 0 amide bonds. The van der Waals surface area contributed by atoms with E-state index in [2.05, 4.69) is 9.93 Å². The highest BCUT2D eigenvalue weighted by Crippen LogP contribution is 2.16. The molecule has 0 spiro atoms. The molecule has 0 aliphatic heterocycles. The maximum absolute atomic E-state index is 12.1. The molecule has 2 aromatic rings. The Bertz CT molecular complexity index is 783. The van der Waals surface area contributed by atoms with E-state index in [1.807, 2.05) is 6.92 Å². The summed E-state index contributed by atoms with van der Waals surface area (Å²) in [5.41, 5.74) is 2.25. The van der Waals surface area contributed by atoms with E-state index in [1.165, 1.54) is 18.3 Å². The minimum absolute atomic E-state index is 0.0937. The summed E-state index contributed by atoms with van der Waals surface area (Å²) in [6.07, 6.45) is 1.33. The Morgan fingerprint density at radius 3 is 2.57 bits per heavy atom. The predicted octanol–water partition coefficient (Wildman–Crippen LogP) is 2.32. The zero-order valence-corrected chi connectivity index (χ0v) is 12.6. The highest BCUT2D eigenvalue weighted by atomic mass is 32.2. The molecule has 5 nitrogen and oxygen atoms in total. The third-order valence-electron chi connectivity index (χ3n) is 2.88. The van der Waals surface area contributed by atoms with Gasteiger partial charge in [-0.2, -0.15) is 13.5 Å². The number of nitrogens with one attached hydrogen (secondary N) is 1. The fraction of sp³-hybridized carbons (Fsp3) is 0.133. The lowest BCUT2D eigenvalue weighted by Gasteiger charge is -2.07. The van der Waals surface area contributed by atoms with Crippen molar-refractivity contribution >= 4 is 16.2 Å². The largest absolute Gasteiger partial charge is 0.508 e. The van der Waals surface area contributed by atoms with Gasteiger partial charge >= 0.3 is 0 Å². The van der Waals surface area contributed by atoms with Crippen molar-refractivity contribution in [2.24, 2.45) is 5.10 Å². The number of rotatable bonds is 4. The van der Waals surface area contributed by atoms with Crippen LogP contribution in [0.2, 0.25) is 0 Å². The van der Waals surface area contributed by atoms with Crippen LogP contribution in [0.1, 0.15) is 16.7 Å². The lowest BCUT2D eigenvalue weighted by atomic mass is 10.2. The van der Waals surface area contributed by atoms with Crippen molar-refractivity contribution in [1.29, 1.82) is 0 Å². The van der Waals surface area contributed by atoms with Crippen LogP contribution in [-0.2, 0) is 10.0 Å². The van der Waals surface area contributed by atoms with Gasteiger partial charge in [0.25, 0.3) is 10.0 Å². The summed E-state index contributed by atoms with van der Waals surface area (Å²) < 4.78 is 24.3. The molecule has 0 radical (unpaired) electrons. The lowest BCUT2D eigenvalue weighted by Crippen LogP contribution is -2.19. The lowest BCUT2D eigenvalue weighted by molar-refractivity contribution is 0.475. The number of sulfonamides is 1. The monoisotopic (exact) mass is 304 g/mol. The molecule has 0 bridgehead atoms. The third-order valence-corrected chi connectivity index (χ3v) is 4.26. The van der Waals surface area contributed by atoms with Crippen LogP contribution in [0, 0.1) is 13.8 Å². The normalized spacial score (nSPS) is 11.7. The van der Waals surface area contributed by atoms with Crippen molar-refractivity contribution in [3.63, 3.8) is 0 Å². The summed E-state index contributed by atoms with van der Waals surface area (Å²) in [4.78, 5) is 2.36. The van der Waals surface area contributed by atoms with Gasteiger partial charge in [0.05, 0.1) is 11.1 Å². The molecule has 0 saturated heterocycles. The van der Waals surface area contributed by atoms with Crippen molar-refractivity contribution < 1.29 is 13.5 Å². The second-order valence-corrected chi connectivity index (χ2v) is 6.35. The van der Waals surface area contributed by atoms with Gasteiger partial charge in [0.15, 0.2) is 0 Å². The molecule has 0 aliphatic carbocycles. The summed E-state index contributed by atoms with van der Waals surface area (Å²) in [7, 11) is -3.70. The Balaban J connectivity index is 2.18. The molecule has 2 rings (SSSR count). The zero-order valence-electron chi connectivity index (χ0n) is 11.7. The van der Waals surface area contributed by atoms with Crippen LogP contribution in [0.15, 0.2) is 52.5 Å². The number of hydrazone groups is 1. The van der Waals surface area contributed by atoms with Crippen molar-refractivity contribution in [3.05, 3.63) is 59.2 Å². The fourth-order valence-corrected chi connectivity index (χ4v) is 2.95. The second kappa shape index (κ2) is 5.97. The van der Waals surface area contributed by atoms with Gasteiger partial charge in [0, 0.05) is 0 Å². The average molecular weight is 304 g/mol.